The number of fused-ring (bicyclic) bond motifs is 5. The van der Waals surface area contributed by atoms with Gasteiger partial charge in [0.25, 0.3) is 5.91 Å². The molecule has 4 aliphatic rings. The highest BCUT2D eigenvalue weighted by Gasteiger charge is 2.67. The van der Waals surface area contributed by atoms with Crippen molar-refractivity contribution in [2.24, 2.45) is 22.7 Å². The second-order valence-corrected chi connectivity index (χ2v) is 14.7. The summed E-state index contributed by atoms with van der Waals surface area (Å²) < 4.78 is 17.7. The largest absolute Gasteiger partial charge is 0.458 e. The van der Waals surface area contributed by atoms with Gasteiger partial charge in [-0.3, -0.25) is 19.2 Å². The van der Waals surface area contributed by atoms with E-state index in [-0.39, 0.29) is 43.6 Å². The van der Waals surface area contributed by atoms with Crippen LogP contribution in [-0.2, 0) is 28.6 Å². The monoisotopic (exact) mass is 659 g/mol. The fourth-order valence-corrected chi connectivity index (χ4v) is 8.66. The van der Waals surface area contributed by atoms with Gasteiger partial charge in [0.1, 0.15) is 6.10 Å². The van der Waals surface area contributed by atoms with Gasteiger partial charge in [0.2, 0.25) is 0 Å². The van der Waals surface area contributed by atoms with E-state index >= 15 is 0 Å². The van der Waals surface area contributed by atoms with E-state index in [1.807, 2.05) is 50.2 Å². The van der Waals surface area contributed by atoms with E-state index in [9.17, 15) is 29.4 Å². The van der Waals surface area contributed by atoms with E-state index in [0.29, 0.717) is 23.3 Å². The van der Waals surface area contributed by atoms with Gasteiger partial charge in [-0.25, -0.2) is 0 Å². The molecule has 1 amide bonds. The standard InChI is InChI=1S/C38H45NO9/c1-21-29(48-31(42)16-27(23-12-8-6-9-13-23)39-35(44)24-14-10-7-11-15-24)19-38(45)18-26-25-20-46-28(25)17-30(41)37(26,5)34(43)33(47-22(2)40)32(21)36(38,3)4/h6-15,25-30,33,41,45H,16-20H2,1-5H3,(H,39,44)/t25-,26?,27+,28+,29-,30-,33+,37-,38-/m0/s1. The van der Waals surface area contributed by atoms with Crippen LogP contribution in [0, 0.1) is 22.7 Å². The zero-order valence-electron chi connectivity index (χ0n) is 28.1. The molecular weight excluding hydrogens is 614 g/mol. The zero-order chi connectivity index (χ0) is 34.6. The van der Waals surface area contributed by atoms with Crippen LogP contribution in [0.25, 0.3) is 0 Å². The summed E-state index contributed by atoms with van der Waals surface area (Å²) in [4.78, 5) is 54.1. The Morgan fingerprint density at radius 1 is 1.00 bits per heavy atom. The molecule has 1 aliphatic heterocycles. The van der Waals surface area contributed by atoms with Gasteiger partial charge in [-0.05, 0) is 55.0 Å². The first kappa shape index (κ1) is 34.0. The lowest BCUT2D eigenvalue weighted by atomic mass is 9.47. The molecule has 1 unspecified atom stereocenters. The Balaban J connectivity index is 1.35. The summed E-state index contributed by atoms with van der Waals surface area (Å²) >= 11 is 0. The average molecular weight is 660 g/mol. The maximum atomic E-state index is 14.6. The number of amides is 1. The van der Waals surface area contributed by atoms with Crippen molar-refractivity contribution in [3.63, 3.8) is 0 Å². The summed E-state index contributed by atoms with van der Waals surface area (Å²) in [5, 5.41) is 27.1. The molecule has 256 valence electrons. The number of hydrogen-bond acceptors (Lipinski definition) is 9. The van der Waals surface area contributed by atoms with Gasteiger partial charge in [0.15, 0.2) is 11.9 Å². The number of aliphatic hydroxyl groups excluding tert-OH is 1. The second-order valence-electron chi connectivity index (χ2n) is 14.7. The van der Waals surface area contributed by atoms with Gasteiger partial charge in [0, 0.05) is 36.7 Å². The lowest BCUT2D eigenvalue weighted by molar-refractivity contribution is -0.244. The number of carbonyl (C=O) groups excluding carboxylic acids is 4. The summed E-state index contributed by atoms with van der Waals surface area (Å²) in [7, 11) is 0. The van der Waals surface area contributed by atoms with Crippen LogP contribution in [0.3, 0.4) is 0 Å². The normalized spacial score (nSPS) is 34.3. The molecule has 9 atom stereocenters. The van der Waals surface area contributed by atoms with Crippen molar-refractivity contribution >= 4 is 23.6 Å². The molecule has 2 bridgehead atoms. The van der Waals surface area contributed by atoms with Crippen molar-refractivity contribution in [1.82, 2.24) is 5.32 Å². The van der Waals surface area contributed by atoms with Crippen LogP contribution in [-0.4, -0.2) is 70.5 Å². The number of nitrogens with one attached hydrogen (secondary N) is 1. The molecular formula is C38H45NO9. The highest BCUT2D eigenvalue weighted by molar-refractivity contribution is 5.95. The Morgan fingerprint density at radius 2 is 1.65 bits per heavy atom. The Kier molecular flexibility index (Phi) is 8.89. The number of benzene rings is 2. The van der Waals surface area contributed by atoms with Crippen LogP contribution in [0.2, 0.25) is 0 Å². The minimum atomic E-state index is -1.50. The van der Waals surface area contributed by atoms with Crippen LogP contribution in [0.1, 0.15) is 82.3 Å². The number of ketones is 1. The van der Waals surface area contributed by atoms with Crippen LogP contribution in [0.4, 0.5) is 0 Å². The number of rotatable bonds is 7. The molecule has 2 aromatic carbocycles. The van der Waals surface area contributed by atoms with Crippen molar-refractivity contribution in [3.8, 4) is 0 Å². The molecule has 0 spiro atoms. The minimum absolute atomic E-state index is 0.0371. The smallest absolute Gasteiger partial charge is 0.308 e. The number of carbonyl (C=O) groups is 4. The molecule has 0 aromatic heterocycles. The third kappa shape index (κ3) is 5.67. The third-order valence-electron chi connectivity index (χ3n) is 11.7. The quantitative estimate of drug-likeness (QED) is 0.293. The van der Waals surface area contributed by atoms with Crippen LogP contribution >= 0.6 is 0 Å². The molecule has 2 aromatic rings. The Morgan fingerprint density at radius 3 is 2.25 bits per heavy atom. The predicted octanol–water partition coefficient (Wildman–Crippen LogP) is 4.24. The summed E-state index contributed by atoms with van der Waals surface area (Å²) in [6, 6.07) is 17.1. The van der Waals surface area contributed by atoms with Crippen molar-refractivity contribution in [1.29, 1.82) is 0 Å². The SMILES string of the molecule is CC(=O)O[C@H]1C(=O)[C@@]2(C)C(C[C@]3(O)C[C@H](OC(=O)C[C@@H](NC(=O)c4ccccc4)c4ccccc4)C(C)=C1C3(C)C)[C@@H]1CO[C@@H]1C[C@@H]2O. The van der Waals surface area contributed by atoms with Gasteiger partial charge in [0.05, 0.1) is 42.3 Å². The highest BCUT2D eigenvalue weighted by atomic mass is 16.6. The second kappa shape index (κ2) is 12.5. The predicted molar refractivity (Wildman–Crippen MR) is 174 cm³/mol. The van der Waals surface area contributed by atoms with Crippen LogP contribution < -0.4 is 5.32 Å². The summed E-state index contributed by atoms with van der Waals surface area (Å²) in [5.41, 5.74) is -1.81. The summed E-state index contributed by atoms with van der Waals surface area (Å²) in [6.45, 7) is 8.73. The van der Waals surface area contributed by atoms with Crippen molar-refractivity contribution in [3.05, 3.63) is 82.9 Å². The Hall–Kier alpha value is -3.86. The van der Waals surface area contributed by atoms with E-state index in [4.69, 9.17) is 14.2 Å². The molecule has 6 rings (SSSR count). The van der Waals surface area contributed by atoms with E-state index < -0.39 is 64.4 Å². The van der Waals surface area contributed by atoms with E-state index in [1.54, 1.807) is 38.1 Å². The third-order valence-corrected chi connectivity index (χ3v) is 11.7. The van der Waals surface area contributed by atoms with Gasteiger partial charge in [-0.15, -0.1) is 0 Å². The molecule has 10 heteroatoms. The Bertz CT molecular complexity index is 1620. The molecule has 3 aliphatic carbocycles. The number of aliphatic hydroxyl groups is 2. The molecule has 48 heavy (non-hydrogen) atoms. The van der Waals surface area contributed by atoms with Crippen LogP contribution in [0.5, 0.6) is 0 Å². The molecule has 3 N–H and O–H groups in total. The van der Waals surface area contributed by atoms with Gasteiger partial charge in [-0.1, -0.05) is 62.4 Å². The van der Waals surface area contributed by atoms with Gasteiger partial charge >= 0.3 is 11.9 Å². The molecule has 2 saturated carbocycles. The fraction of sp³-hybridized carbons (Fsp3) is 0.526. The molecule has 1 heterocycles. The lowest BCUT2D eigenvalue weighted by Crippen LogP contribution is -2.69. The maximum absolute atomic E-state index is 14.6. The van der Waals surface area contributed by atoms with Gasteiger partial charge < -0.3 is 29.7 Å². The minimum Gasteiger partial charge on any atom is -0.458 e. The van der Waals surface area contributed by atoms with E-state index in [2.05, 4.69) is 5.32 Å². The number of esters is 2. The molecule has 3 fully saturated rings. The first-order valence-electron chi connectivity index (χ1n) is 16.7. The number of hydrogen-bond donors (Lipinski definition) is 3. The van der Waals surface area contributed by atoms with Crippen molar-refractivity contribution in [2.75, 3.05) is 6.61 Å². The summed E-state index contributed by atoms with van der Waals surface area (Å²) in [6.07, 6.45) is -3.35. The van der Waals surface area contributed by atoms with E-state index in [1.165, 1.54) is 6.92 Å². The molecule has 0 radical (unpaired) electrons. The molecule has 1 saturated heterocycles. The highest BCUT2D eigenvalue weighted by Crippen LogP contribution is 2.61. The lowest BCUT2D eigenvalue weighted by Gasteiger charge is -2.62. The topological polar surface area (TPSA) is 148 Å². The zero-order valence-corrected chi connectivity index (χ0v) is 28.1. The number of Topliss-reactive ketones (excluding diaryl/α,β-unsaturated/α-hetero) is 1. The first-order valence-corrected chi connectivity index (χ1v) is 16.7. The van der Waals surface area contributed by atoms with Crippen LogP contribution in [0.15, 0.2) is 71.8 Å². The Labute approximate surface area is 280 Å². The van der Waals surface area contributed by atoms with Crippen molar-refractivity contribution < 1.29 is 43.6 Å². The fourth-order valence-electron chi connectivity index (χ4n) is 8.66. The number of ether oxygens (including phenoxy) is 3. The maximum Gasteiger partial charge on any atom is 0.308 e. The summed E-state index contributed by atoms with van der Waals surface area (Å²) in [5.74, 6) is -2.60. The van der Waals surface area contributed by atoms with E-state index in [0.717, 1.165) is 5.56 Å². The first-order chi connectivity index (χ1) is 22.7. The van der Waals surface area contributed by atoms with Crippen molar-refractivity contribution in [2.45, 2.75) is 96.4 Å². The average Bonchev–Trinajstić information content (AvgIpc) is 3.03. The van der Waals surface area contributed by atoms with Gasteiger partial charge in [-0.2, -0.15) is 0 Å². The molecule has 10 nitrogen and oxygen atoms in total.